The average molecular weight is 274 g/mol. The topological polar surface area (TPSA) is 113 Å². The number of carboxylic acids is 1. The van der Waals surface area contributed by atoms with Gasteiger partial charge in [-0.25, -0.2) is 13.2 Å². The fourth-order valence-corrected chi connectivity index (χ4v) is 2.99. The quantitative estimate of drug-likeness (QED) is 0.637. The number of aliphatic carboxylic acids is 1. The van der Waals surface area contributed by atoms with Crippen molar-refractivity contribution in [2.45, 2.75) is 18.9 Å². The standard InChI is InChI=1S/C10H14N2O5S/c13-8(14)10(2-3-10)6-11-9(15)12-7-1-4-18(16,17)5-7/h1,4,7H,2-3,5-6H2,(H,13,14)(H2,11,12,15). The van der Waals surface area contributed by atoms with Gasteiger partial charge in [0.2, 0.25) is 0 Å². The fourth-order valence-electron chi connectivity index (χ4n) is 1.75. The highest BCUT2D eigenvalue weighted by Crippen LogP contribution is 2.45. The van der Waals surface area contributed by atoms with Crippen LogP contribution in [0.2, 0.25) is 0 Å². The number of rotatable bonds is 4. The normalized spacial score (nSPS) is 26.6. The van der Waals surface area contributed by atoms with Crippen molar-refractivity contribution in [1.29, 1.82) is 0 Å². The van der Waals surface area contributed by atoms with Crippen LogP contribution in [0.25, 0.3) is 0 Å². The Labute approximate surface area is 104 Å². The lowest BCUT2D eigenvalue weighted by atomic mass is 10.1. The molecule has 18 heavy (non-hydrogen) atoms. The lowest BCUT2D eigenvalue weighted by molar-refractivity contribution is -0.143. The van der Waals surface area contributed by atoms with Crippen LogP contribution in [0, 0.1) is 5.41 Å². The van der Waals surface area contributed by atoms with Gasteiger partial charge in [0.1, 0.15) is 0 Å². The van der Waals surface area contributed by atoms with Crippen LogP contribution in [0.5, 0.6) is 0 Å². The third-order valence-electron chi connectivity index (χ3n) is 3.14. The molecule has 0 aromatic heterocycles. The highest BCUT2D eigenvalue weighted by molar-refractivity contribution is 7.94. The van der Waals surface area contributed by atoms with Crippen LogP contribution in [-0.2, 0) is 14.6 Å². The van der Waals surface area contributed by atoms with Crippen LogP contribution in [-0.4, -0.2) is 43.9 Å². The molecule has 7 nitrogen and oxygen atoms in total. The molecule has 1 fully saturated rings. The number of hydrogen-bond acceptors (Lipinski definition) is 4. The van der Waals surface area contributed by atoms with E-state index in [9.17, 15) is 18.0 Å². The van der Waals surface area contributed by atoms with Gasteiger partial charge in [-0.15, -0.1) is 0 Å². The van der Waals surface area contributed by atoms with Crippen LogP contribution in [0.3, 0.4) is 0 Å². The predicted molar refractivity (Wildman–Crippen MR) is 62.6 cm³/mol. The molecule has 2 rings (SSSR count). The van der Waals surface area contributed by atoms with Gasteiger partial charge >= 0.3 is 12.0 Å². The molecule has 0 radical (unpaired) electrons. The molecule has 2 amide bonds. The minimum atomic E-state index is -3.20. The monoisotopic (exact) mass is 274 g/mol. The molecule has 0 bridgehead atoms. The maximum atomic E-state index is 11.5. The Morgan fingerprint density at radius 3 is 2.50 bits per heavy atom. The summed E-state index contributed by atoms with van der Waals surface area (Å²) >= 11 is 0. The van der Waals surface area contributed by atoms with Crippen molar-refractivity contribution in [3.05, 3.63) is 11.5 Å². The molecule has 0 aromatic rings. The van der Waals surface area contributed by atoms with Crippen molar-refractivity contribution in [3.63, 3.8) is 0 Å². The number of sulfone groups is 1. The molecular formula is C10H14N2O5S. The maximum Gasteiger partial charge on any atom is 0.315 e. The van der Waals surface area contributed by atoms with Crippen molar-refractivity contribution in [2.75, 3.05) is 12.3 Å². The number of hydrogen-bond donors (Lipinski definition) is 3. The Morgan fingerprint density at radius 2 is 2.06 bits per heavy atom. The number of amides is 2. The zero-order valence-corrected chi connectivity index (χ0v) is 10.4. The van der Waals surface area contributed by atoms with Crippen LogP contribution in [0.4, 0.5) is 4.79 Å². The van der Waals surface area contributed by atoms with E-state index in [1.54, 1.807) is 0 Å². The highest BCUT2D eigenvalue weighted by atomic mass is 32.2. The first kappa shape index (κ1) is 12.9. The van der Waals surface area contributed by atoms with Crippen molar-refractivity contribution < 1.29 is 23.1 Å². The van der Waals surface area contributed by atoms with Crippen LogP contribution < -0.4 is 10.6 Å². The van der Waals surface area contributed by atoms with E-state index in [1.165, 1.54) is 6.08 Å². The molecular weight excluding hydrogens is 260 g/mol. The van der Waals surface area contributed by atoms with Gasteiger partial charge in [-0.05, 0) is 18.9 Å². The summed E-state index contributed by atoms with van der Waals surface area (Å²) in [4.78, 5) is 22.3. The lowest BCUT2D eigenvalue weighted by Crippen LogP contribution is -2.45. The van der Waals surface area contributed by atoms with Crippen LogP contribution >= 0.6 is 0 Å². The van der Waals surface area contributed by atoms with E-state index in [1.807, 2.05) is 0 Å². The molecule has 0 saturated heterocycles. The van der Waals surface area contributed by atoms with Gasteiger partial charge in [0.15, 0.2) is 9.84 Å². The summed E-state index contributed by atoms with van der Waals surface area (Å²) in [6, 6.07) is -1.09. The summed E-state index contributed by atoms with van der Waals surface area (Å²) in [5.74, 6) is -1.06. The van der Waals surface area contributed by atoms with E-state index < -0.39 is 33.3 Å². The second-order valence-electron chi connectivity index (χ2n) is 4.68. The molecule has 0 aromatic carbocycles. The molecule has 3 N–H and O–H groups in total. The minimum Gasteiger partial charge on any atom is -0.481 e. The van der Waals surface area contributed by atoms with Gasteiger partial charge in [-0.2, -0.15) is 0 Å². The van der Waals surface area contributed by atoms with Crippen LogP contribution in [0.15, 0.2) is 11.5 Å². The Morgan fingerprint density at radius 1 is 1.39 bits per heavy atom. The second kappa shape index (κ2) is 4.27. The zero-order valence-electron chi connectivity index (χ0n) is 9.55. The fraction of sp³-hybridized carbons (Fsp3) is 0.600. The molecule has 100 valence electrons. The van der Waals surface area contributed by atoms with Gasteiger partial charge in [-0.1, -0.05) is 0 Å². The Hall–Kier alpha value is -1.57. The van der Waals surface area contributed by atoms with Gasteiger partial charge < -0.3 is 15.7 Å². The lowest BCUT2D eigenvalue weighted by Gasteiger charge is -2.14. The SMILES string of the molecule is O=C(NCC1(C(=O)O)CC1)NC1C=CS(=O)(=O)C1. The number of urea groups is 1. The number of carboxylic acid groups (broad SMARTS) is 1. The Balaban J connectivity index is 1.77. The summed E-state index contributed by atoms with van der Waals surface area (Å²) in [7, 11) is -3.20. The summed E-state index contributed by atoms with van der Waals surface area (Å²) in [6.07, 6.45) is 2.51. The molecule has 1 heterocycles. The molecule has 0 spiro atoms. The first-order valence-electron chi connectivity index (χ1n) is 5.52. The third-order valence-corrected chi connectivity index (χ3v) is 4.54. The number of carbonyl (C=O) groups excluding carboxylic acids is 1. The van der Waals surface area contributed by atoms with Gasteiger partial charge in [0, 0.05) is 12.0 Å². The molecule has 1 saturated carbocycles. The predicted octanol–water partition coefficient (Wildman–Crippen LogP) is -0.539. The smallest absolute Gasteiger partial charge is 0.315 e. The summed E-state index contributed by atoms with van der Waals surface area (Å²) in [5, 5.41) is 14.9. The number of nitrogens with one attached hydrogen (secondary N) is 2. The molecule has 1 atom stereocenters. The third kappa shape index (κ3) is 2.81. The first-order valence-corrected chi connectivity index (χ1v) is 7.23. The molecule has 1 aliphatic carbocycles. The highest BCUT2D eigenvalue weighted by Gasteiger charge is 2.50. The van der Waals surface area contributed by atoms with E-state index >= 15 is 0 Å². The van der Waals surface area contributed by atoms with Gasteiger partial charge in [0.25, 0.3) is 0 Å². The Kier molecular flexibility index (Phi) is 3.05. The van der Waals surface area contributed by atoms with E-state index in [0.29, 0.717) is 12.8 Å². The number of carbonyl (C=O) groups is 2. The average Bonchev–Trinajstić information content (AvgIpc) is 2.98. The van der Waals surface area contributed by atoms with Crippen molar-refractivity contribution in [2.24, 2.45) is 5.41 Å². The van der Waals surface area contributed by atoms with Crippen molar-refractivity contribution in [1.82, 2.24) is 10.6 Å². The largest absolute Gasteiger partial charge is 0.481 e. The molecule has 1 unspecified atom stereocenters. The van der Waals surface area contributed by atoms with E-state index in [2.05, 4.69) is 10.6 Å². The van der Waals surface area contributed by atoms with E-state index in [0.717, 1.165) is 5.41 Å². The first-order chi connectivity index (χ1) is 8.33. The molecule has 2 aliphatic rings. The van der Waals surface area contributed by atoms with Crippen LogP contribution in [0.1, 0.15) is 12.8 Å². The van der Waals surface area contributed by atoms with Gasteiger partial charge in [-0.3, -0.25) is 4.79 Å². The minimum absolute atomic E-state index is 0.0668. The summed E-state index contributed by atoms with van der Waals surface area (Å²) in [6.45, 7) is 0.0668. The van der Waals surface area contributed by atoms with Crippen molar-refractivity contribution in [3.8, 4) is 0 Å². The maximum absolute atomic E-state index is 11.5. The zero-order chi connectivity index (χ0) is 13.4. The summed E-state index contributed by atoms with van der Waals surface area (Å²) < 4.78 is 22.2. The molecule has 1 aliphatic heterocycles. The summed E-state index contributed by atoms with van der Waals surface area (Å²) in [5.41, 5.74) is -0.824. The molecule has 8 heteroatoms. The second-order valence-corrected chi connectivity index (χ2v) is 6.61. The van der Waals surface area contributed by atoms with Gasteiger partial charge in [0.05, 0.1) is 17.2 Å². The van der Waals surface area contributed by atoms with E-state index in [-0.39, 0.29) is 12.3 Å². The van der Waals surface area contributed by atoms with Crippen molar-refractivity contribution >= 4 is 21.8 Å². The Bertz CT molecular complexity index is 506. The van der Waals surface area contributed by atoms with E-state index in [4.69, 9.17) is 5.11 Å².